The van der Waals surface area contributed by atoms with Crippen molar-refractivity contribution in [3.63, 3.8) is 0 Å². The lowest BCUT2D eigenvalue weighted by molar-refractivity contribution is 0.479. The monoisotopic (exact) mass is 276 g/mol. The van der Waals surface area contributed by atoms with E-state index < -0.39 is 0 Å². The molecule has 1 aromatic rings. The number of hydrogen-bond donors (Lipinski definition) is 1. The van der Waals surface area contributed by atoms with E-state index in [2.05, 4.69) is 62.4 Å². The molecule has 0 bridgehead atoms. The Bertz CT molecular complexity index is 360. The van der Waals surface area contributed by atoms with Gasteiger partial charge in [0, 0.05) is 25.8 Å². The molecule has 1 rings (SSSR count). The number of anilines is 1. The average Bonchev–Trinajstić information content (AvgIpc) is 2.46. The SMILES string of the molecule is CCCCCCCC(NCC)c1cccc(N(C)C)c1. The van der Waals surface area contributed by atoms with Crippen LogP contribution in [0.4, 0.5) is 5.69 Å². The molecule has 2 nitrogen and oxygen atoms in total. The van der Waals surface area contributed by atoms with E-state index in [9.17, 15) is 0 Å². The van der Waals surface area contributed by atoms with E-state index in [1.165, 1.54) is 49.8 Å². The number of nitrogens with one attached hydrogen (secondary N) is 1. The maximum Gasteiger partial charge on any atom is 0.0364 e. The Kier molecular flexibility index (Phi) is 8.36. The molecule has 0 aliphatic rings. The first-order chi connectivity index (χ1) is 9.69. The number of nitrogens with zero attached hydrogens (tertiary/aromatic N) is 1. The van der Waals surface area contributed by atoms with Gasteiger partial charge in [-0.2, -0.15) is 0 Å². The summed E-state index contributed by atoms with van der Waals surface area (Å²) in [5.41, 5.74) is 2.71. The second-order valence-electron chi connectivity index (χ2n) is 5.80. The third kappa shape index (κ3) is 5.96. The quantitative estimate of drug-likeness (QED) is 0.620. The van der Waals surface area contributed by atoms with Crippen molar-refractivity contribution in [2.24, 2.45) is 0 Å². The third-order valence-electron chi connectivity index (χ3n) is 3.84. The minimum Gasteiger partial charge on any atom is -0.378 e. The Hall–Kier alpha value is -1.02. The number of rotatable bonds is 10. The standard InChI is InChI=1S/C18H32N2/c1-5-7-8-9-10-14-18(19-6-2)16-12-11-13-17(15-16)20(3)4/h11-13,15,18-19H,5-10,14H2,1-4H3. The van der Waals surface area contributed by atoms with E-state index in [0.29, 0.717) is 6.04 Å². The molecule has 0 fully saturated rings. The van der Waals surface area contributed by atoms with Gasteiger partial charge in [-0.1, -0.05) is 58.1 Å². The van der Waals surface area contributed by atoms with Crippen LogP contribution in [0.15, 0.2) is 24.3 Å². The predicted molar refractivity (Wildman–Crippen MR) is 90.6 cm³/mol. The molecule has 0 saturated carbocycles. The molecule has 0 radical (unpaired) electrons. The van der Waals surface area contributed by atoms with Gasteiger partial charge in [0.2, 0.25) is 0 Å². The molecule has 0 heterocycles. The molecular weight excluding hydrogens is 244 g/mol. The Morgan fingerprint density at radius 3 is 2.45 bits per heavy atom. The fourth-order valence-corrected chi connectivity index (χ4v) is 2.60. The van der Waals surface area contributed by atoms with Crippen LogP contribution in [0.1, 0.15) is 64.0 Å². The fourth-order valence-electron chi connectivity index (χ4n) is 2.60. The van der Waals surface area contributed by atoms with Crippen LogP contribution in [-0.4, -0.2) is 20.6 Å². The van der Waals surface area contributed by atoms with Gasteiger partial charge in [0.25, 0.3) is 0 Å². The molecule has 1 N–H and O–H groups in total. The zero-order valence-electron chi connectivity index (χ0n) is 13.8. The van der Waals surface area contributed by atoms with Crippen molar-refractivity contribution >= 4 is 5.69 Å². The largest absolute Gasteiger partial charge is 0.378 e. The van der Waals surface area contributed by atoms with Crippen LogP contribution in [0.5, 0.6) is 0 Å². The number of unbranched alkanes of at least 4 members (excludes halogenated alkanes) is 4. The molecular formula is C18H32N2. The highest BCUT2D eigenvalue weighted by Crippen LogP contribution is 2.24. The van der Waals surface area contributed by atoms with Gasteiger partial charge in [-0.3, -0.25) is 0 Å². The van der Waals surface area contributed by atoms with Crippen molar-refractivity contribution in [2.75, 3.05) is 25.5 Å². The molecule has 1 atom stereocenters. The van der Waals surface area contributed by atoms with Crippen molar-refractivity contribution in [1.29, 1.82) is 0 Å². The molecule has 0 saturated heterocycles. The molecule has 0 amide bonds. The highest BCUT2D eigenvalue weighted by Gasteiger charge is 2.10. The van der Waals surface area contributed by atoms with Crippen LogP contribution in [0, 0.1) is 0 Å². The third-order valence-corrected chi connectivity index (χ3v) is 3.84. The molecule has 0 spiro atoms. The van der Waals surface area contributed by atoms with E-state index in [4.69, 9.17) is 0 Å². The normalized spacial score (nSPS) is 12.4. The summed E-state index contributed by atoms with van der Waals surface area (Å²) < 4.78 is 0. The minimum atomic E-state index is 0.501. The molecule has 114 valence electrons. The van der Waals surface area contributed by atoms with Gasteiger partial charge in [-0.05, 0) is 30.7 Å². The lowest BCUT2D eigenvalue weighted by atomic mass is 9.99. The van der Waals surface area contributed by atoms with Crippen LogP contribution in [-0.2, 0) is 0 Å². The van der Waals surface area contributed by atoms with Crippen LogP contribution < -0.4 is 10.2 Å². The average molecular weight is 276 g/mol. The molecule has 1 unspecified atom stereocenters. The lowest BCUT2D eigenvalue weighted by Crippen LogP contribution is -2.21. The topological polar surface area (TPSA) is 15.3 Å². The first kappa shape index (κ1) is 17.0. The van der Waals surface area contributed by atoms with Crippen LogP contribution >= 0.6 is 0 Å². The highest BCUT2D eigenvalue weighted by atomic mass is 15.1. The van der Waals surface area contributed by atoms with Gasteiger partial charge in [0.05, 0.1) is 0 Å². The van der Waals surface area contributed by atoms with Gasteiger partial charge in [-0.15, -0.1) is 0 Å². The first-order valence-corrected chi connectivity index (χ1v) is 8.19. The lowest BCUT2D eigenvalue weighted by Gasteiger charge is -2.21. The minimum absolute atomic E-state index is 0.501. The van der Waals surface area contributed by atoms with Crippen LogP contribution in [0.2, 0.25) is 0 Å². The number of benzene rings is 1. The second kappa shape index (κ2) is 9.82. The Labute approximate surface area is 125 Å². The summed E-state index contributed by atoms with van der Waals surface area (Å²) in [6.45, 7) is 5.50. The van der Waals surface area contributed by atoms with E-state index in [1.54, 1.807) is 0 Å². The van der Waals surface area contributed by atoms with Gasteiger partial charge in [-0.25, -0.2) is 0 Å². The molecule has 0 aromatic heterocycles. The summed E-state index contributed by atoms with van der Waals surface area (Å²) in [5.74, 6) is 0. The van der Waals surface area contributed by atoms with E-state index in [0.717, 1.165) is 6.54 Å². The molecule has 0 aliphatic carbocycles. The summed E-state index contributed by atoms with van der Waals surface area (Å²) in [4.78, 5) is 2.17. The Balaban J connectivity index is 2.58. The maximum atomic E-state index is 3.64. The smallest absolute Gasteiger partial charge is 0.0364 e. The summed E-state index contributed by atoms with van der Waals surface area (Å²) in [6.07, 6.45) is 8.01. The summed E-state index contributed by atoms with van der Waals surface area (Å²) in [5, 5.41) is 3.64. The molecule has 2 heteroatoms. The zero-order valence-corrected chi connectivity index (χ0v) is 13.8. The molecule has 20 heavy (non-hydrogen) atoms. The van der Waals surface area contributed by atoms with E-state index in [1.807, 2.05) is 0 Å². The first-order valence-electron chi connectivity index (χ1n) is 8.19. The highest BCUT2D eigenvalue weighted by molar-refractivity contribution is 5.47. The van der Waals surface area contributed by atoms with Gasteiger partial charge in [0.15, 0.2) is 0 Å². The number of hydrogen-bond acceptors (Lipinski definition) is 2. The van der Waals surface area contributed by atoms with Gasteiger partial charge >= 0.3 is 0 Å². The second-order valence-corrected chi connectivity index (χ2v) is 5.80. The van der Waals surface area contributed by atoms with Crippen molar-refractivity contribution in [1.82, 2.24) is 5.32 Å². The van der Waals surface area contributed by atoms with E-state index >= 15 is 0 Å². The predicted octanol–water partition coefficient (Wildman–Crippen LogP) is 4.76. The van der Waals surface area contributed by atoms with E-state index in [-0.39, 0.29) is 0 Å². The molecule has 1 aromatic carbocycles. The van der Waals surface area contributed by atoms with Crippen molar-refractivity contribution in [3.8, 4) is 0 Å². The maximum absolute atomic E-state index is 3.64. The van der Waals surface area contributed by atoms with Crippen molar-refractivity contribution in [2.45, 2.75) is 58.4 Å². The van der Waals surface area contributed by atoms with Crippen LogP contribution in [0.25, 0.3) is 0 Å². The summed E-state index contributed by atoms with van der Waals surface area (Å²) in [7, 11) is 4.21. The van der Waals surface area contributed by atoms with Crippen LogP contribution in [0.3, 0.4) is 0 Å². The zero-order chi connectivity index (χ0) is 14.8. The van der Waals surface area contributed by atoms with Crippen molar-refractivity contribution < 1.29 is 0 Å². The van der Waals surface area contributed by atoms with Crippen molar-refractivity contribution in [3.05, 3.63) is 29.8 Å². The summed E-state index contributed by atoms with van der Waals surface area (Å²) >= 11 is 0. The summed E-state index contributed by atoms with van der Waals surface area (Å²) in [6, 6.07) is 9.42. The Morgan fingerprint density at radius 2 is 1.80 bits per heavy atom. The van der Waals surface area contributed by atoms with Gasteiger partial charge < -0.3 is 10.2 Å². The Morgan fingerprint density at radius 1 is 1.05 bits per heavy atom. The van der Waals surface area contributed by atoms with Gasteiger partial charge in [0.1, 0.15) is 0 Å². The molecule has 0 aliphatic heterocycles. The fraction of sp³-hybridized carbons (Fsp3) is 0.667.